The highest BCUT2D eigenvalue weighted by Crippen LogP contribution is 2.15. The lowest BCUT2D eigenvalue weighted by molar-refractivity contribution is -0.115. The lowest BCUT2D eigenvalue weighted by atomic mass is 10.3. The molecule has 2 aromatic heterocycles. The van der Waals surface area contributed by atoms with Crippen molar-refractivity contribution in [2.75, 3.05) is 43.1 Å². The first-order valence-electron chi connectivity index (χ1n) is 9.77. The van der Waals surface area contributed by atoms with Crippen LogP contribution < -0.4 is 30.3 Å². The third-order valence-corrected chi connectivity index (χ3v) is 5.66. The maximum Gasteiger partial charge on any atom is 0.270 e. The van der Waals surface area contributed by atoms with Crippen LogP contribution in [-0.2, 0) is 16.1 Å². The molecule has 158 valence electrons. The predicted molar refractivity (Wildman–Crippen MR) is 117 cm³/mol. The molecule has 0 aromatic carbocycles. The molecule has 10 heteroatoms. The van der Waals surface area contributed by atoms with Crippen molar-refractivity contribution < 1.29 is 9.53 Å². The van der Waals surface area contributed by atoms with Crippen molar-refractivity contribution >= 4 is 40.7 Å². The lowest BCUT2D eigenvalue weighted by Gasteiger charge is -2.27. The van der Waals surface area contributed by atoms with Crippen LogP contribution >= 0.6 is 11.3 Å². The van der Waals surface area contributed by atoms with Crippen LogP contribution in [0.25, 0.3) is 11.8 Å². The fourth-order valence-corrected chi connectivity index (χ4v) is 4.14. The van der Waals surface area contributed by atoms with Crippen molar-refractivity contribution in [3.05, 3.63) is 37.7 Å². The van der Waals surface area contributed by atoms with E-state index < -0.39 is 5.91 Å². The maximum atomic E-state index is 12.8. The second-order valence-electron chi connectivity index (χ2n) is 6.44. The number of hydrogen-bond acceptors (Lipinski definition) is 8. The zero-order chi connectivity index (χ0) is 21.5. The number of thiazole rings is 1. The van der Waals surface area contributed by atoms with Gasteiger partial charge in [0.25, 0.3) is 11.5 Å². The molecule has 1 saturated heterocycles. The van der Waals surface area contributed by atoms with E-state index in [2.05, 4.69) is 20.5 Å². The molecule has 0 bridgehead atoms. The largest absolute Gasteiger partial charge is 0.378 e. The van der Waals surface area contributed by atoms with Crippen LogP contribution in [0, 0.1) is 11.3 Å². The molecule has 0 saturated carbocycles. The Labute approximate surface area is 177 Å². The Kier molecular flexibility index (Phi) is 7.21. The monoisotopic (exact) mass is 428 g/mol. The molecule has 0 aliphatic carbocycles. The number of carbonyl (C=O) groups is 1. The van der Waals surface area contributed by atoms with E-state index in [1.807, 2.05) is 24.3 Å². The van der Waals surface area contributed by atoms with Crippen molar-refractivity contribution in [3.8, 4) is 6.07 Å². The van der Waals surface area contributed by atoms with E-state index in [9.17, 15) is 14.9 Å². The van der Waals surface area contributed by atoms with Gasteiger partial charge in [0.2, 0.25) is 0 Å². The molecule has 0 spiro atoms. The number of nitriles is 1. The number of nitrogens with zero attached hydrogens (tertiary/aromatic N) is 4. The van der Waals surface area contributed by atoms with E-state index in [0.29, 0.717) is 41.3 Å². The number of rotatable bonds is 6. The molecule has 2 aromatic rings. The van der Waals surface area contributed by atoms with Gasteiger partial charge < -0.3 is 20.3 Å². The van der Waals surface area contributed by atoms with E-state index in [-0.39, 0.29) is 11.1 Å². The summed E-state index contributed by atoms with van der Waals surface area (Å²) in [6, 6.07) is 7.58. The van der Waals surface area contributed by atoms with E-state index in [1.54, 1.807) is 20.0 Å². The summed E-state index contributed by atoms with van der Waals surface area (Å²) in [6.07, 6.45) is 1.57. The van der Waals surface area contributed by atoms with Crippen LogP contribution in [-0.4, -0.2) is 48.3 Å². The van der Waals surface area contributed by atoms with Gasteiger partial charge in [-0.3, -0.25) is 14.2 Å². The molecule has 1 amide bonds. The summed E-state index contributed by atoms with van der Waals surface area (Å²) < 4.78 is 7.55. The fraction of sp³-hybridized carbons (Fsp3) is 0.400. The third-order valence-electron chi connectivity index (χ3n) is 4.53. The number of amides is 1. The number of nitrogens with one attached hydrogen (secondary N) is 2. The highest BCUT2D eigenvalue weighted by atomic mass is 32.1. The highest BCUT2D eigenvalue weighted by Gasteiger charge is 2.15. The van der Waals surface area contributed by atoms with Crippen LogP contribution in [0.4, 0.5) is 11.6 Å². The van der Waals surface area contributed by atoms with Gasteiger partial charge in [-0.25, -0.2) is 4.98 Å². The molecule has 3 rings (SSSR count). The Morgan fingerprint density at radius 2 is 2.13 bits per heavy atom. The van der Waals surface area contributed by atoms with Crippen molar-refractivity contribution in [2.45, 2.75) is 20.4 Å². The van der Waals surface area contributed by atoms with Crippen molar-refractivity contribution in [2.24, 2.45) is 0 Å². The van der Waals surface area contributed by atoms with E-state index in [0.717, 1.165) is 30.2 Å². The Bertz CT molecular complexity index is 1120. The minimum atomic E-state index is -0.483. The summed E-state index contributed by atoms with van der Waals surface area (Å²) >= 11 is 1.11. The van der Waals surface area contributed by atoms with Gasteiger partial charge in [0, 0.05) is 32.4 Å². The van der Waals surface area contributed by atoms with Crippen molar-refractivity contribution in [1.29, 1.82) is 5.26 Å². The minimum absolute atomic E-state index is 0.0621. The molecule has 3 heterocycles. The number of morpholine rings is 1. The maximum absolute atomic E-state index is 12.8. The van der Waals surface area contributed by atoms with Gasteiger partial charge in [-0.1, -0.05) is 6.07 Å². The zero-order valence-corrected chi connectivity index (χ0v) is 17.8. The molecule has 0 unspecified atom stereocenters. The van der Waals surface area contributed by atoms with Gasteiger partial charge in [0.1, 0.15) is 26.9 Å². The molecule has 1 fully saturated rings. The van der Waals surface area contributed by atoms with Gasteiger partial charge >= 0.3 is 0 Å². The summed E-state index contributed by atoms with van der Waals surface area (Å²) in [5.41, 5.74) is -0.320. The van der Waals surface area contributed by atoms with Crippen LogP contribution in [0.15, 0.2) is 23.0 Å². The first-order chi connectivity index (χ1) is 14.6. The van der Waals surface area contributed by atoms with E-state index in [4.69, 9.17) is 4.74 Å². The van der Waals surface area contributed by atoms with Crippen LogP contribution in [0.5, 0.6) is 0 Å². The van der Waals surface area contributed by atoms with Crippen LogP contribution in [0.2, 0.25) is 0 Å². The second kappa shape index (κ2) is 10.0. The van der Waals surface area contributed by atoms with Gasteiger partial charge in [-0.15, -0.1) is 11.3 Å². The Morgan fingerprint density at radius 1 is 1.37 bits per heavy atom. The van der Waals surface area contributed by atoms with Gasteiger partial charge in [0.15, 0.2) is 5.57 Å². The quantitative estimate of drug-likeness (QED) is 0.656. The first kappa shape index (κ1) is 21.5. The standard InChI is InChI=1S/C20H24N6O3S/c1-3-22-18(27)14(12-21)20-26(4-2)19(28)15(30-20)13-23-16-6-5-7-17(24-16)25-8-10-29-11-9-25/h5-7,13H,3-4,8-11H2,1-2H3,(H,22,27)(H,23,24). The summed E-state index contributed by atoms with van der Waals surface area (Å²) in [6.45, 7) is 7.23. The Morgan fingerprint density at radius 3 is 2.80 bits per heavy atom. The SMILES string of the molecule is CCNC(=O)C(C#N)=c1sc(=CNc2cccc(N3CCOCC3)n2)c(=O)n1CC. The Hall–Kier alpha value is -3.16. The smallest absolute Gasteiger partial charge is 0.270 e. The number of anilines is 2. The molecule has 0 radical (unpaired) electrons. The molecule has 1 aliphatic heterocycles. The molecule has 2 N–H and O–H groups in total. The Balaban J connectivity index is 1.95. The number of ether oxygens (including phenoxy) is 1. The fourth-order valence-electron chi connectivity index (χ4n) is 3.05. The van der Waals surface area contributed by atoms with Gasteiger partial charge in [0.05, 0.1) is 13.2 Å². The summed E-state index contributed by atoms with van der Waals surface area (Å²) in [5, 5.41) is 15.1. The second-order valence-corrected chi connectivity index (χ2v) is 7.47. The van der Waals surface area contributed by atoms with Gasteiger partial charge in [-0.05, 0) is 26.0 Å². The number of aromatic nitrogens is 2. The molecule has 9 nitrogen and oxygen atoms in total. The topological polar surface area (TPSA) is 112 Å². The zero-order valence-electron chi connectivity index (χ0n) is 17.0. The minimum Gasteiger partial charge on any atom is -0.378 e. The molecule has 0 atom stereocenters. The lowest BCUT2D eigenvalue weighted by Crippen LogP contribution is -2.36. The predicted octanol–water partition coefficient (Wildman–Crippen LogP) is -0.178. The van der Waals surface area contributed by atoms with Crippen LogP contribution in [0.1, 0.15) is 13.8 Å². The number of pyridine rings is 1. The number of carbonyl (C=O) groups excluding carboxylic acids is 1. The molecular formula is C20H24N6O3S. The first-order valence-corrected chi connectivity index (χ1v) is 10.6. The molecular weight excluding hydrogens is 404 g/mol. The highest BCUT2D eigenvalue weighted by molar-refractivity contribution is 7.07. The molecule has 1 aliphatic rings. The van der Waals surface area contributed by atoms with Crippen LogP contribution in [0.3, 0.4) is 0 Å². The van der Waals surface area contributed by atoms with Crippen molar-refractivity contribution in [3.63, 3.8) is 0 Å². The number of hydrogen-bond donors (Lipinski definition) is 2. The average molecular weight is 429 g/mol. The summed E-state index contributed by atoms with van der Waals surface area (Å²) in [4.78, 5) is 31.7. The normalized spacial score (nSPS) is 15.5. The third kappa shape index (κ3) is 4.69. The molecule has 30 heavy (non-hydrogen) atoms. The van der Waals surface area contributed by atoms with E-state index in [1.165, 1.54) is 4.57 Å². The summed E-state index contributed by atoms with van der Waals surface area (Å²) in [5.74, 6) is 0.957. The van der Waals surface area contributed by atoms with Gasteiger partial charge in [-0.2, -0.15) is 5.26 Å². The summed E-state index contributed by atoms with van der Waals surface area (Å²) in [7, 11) is 0. The van der Waals surface area contributed by atoms with Crippen molar-refractivity contribution in [1.82, 2.24) is 14.9 Å². The average Bonchev–Trinajstić information content (AvgIpc) is 3.09. The van der Waals surface area contributed by atoms with E-state index >= 15 is 0 Å².